The number of thiophene rings is 1. The third kappa shape index (κ3) is 1.67. The predicted molar refractivity (Wildman–Crippen MR) is 51.4 cm³/mol. The molecule has 0 aliphatic carbocycles. The molecular formula is C4HBrINO2S. The number of halogens is 2. The lowest BCUT2D eigenvalue weighted by molar-refractivity contribution is -0.385. The van der Waals surface area contributed by atoms with Crippen molar-refractivity contribution in [3.05, 3.63) is 22.9 Å². The first kappa shape index (κ1) is 8.41. The molecule has 0 bridgehead atoms. The highest BCUT2D eigenvalue weighted by molar-refractivity contribution is 14.1. The van der Waals surface area contributed by atoms with Gasteiger partial charge < -0.3 is 0 Å². The Labute approximate surface area is 82.9 Å². The Morgan fingerprint density at radius 2 is 2.40 bits per heavy atom. The van der Waals surface area contributed by atoms with Crippen molar-refractivity contribution in [2.75, 3.05) is 0 Å². The van der Waals surface area contributed by atoms with E-state index in [-0.39, 0.29) is 10.6 Å². The Bertz CT molecular complexity index is 274. The number of nitro groups is 1. The molecule has 0 fully saturated rings. The topological polar surface area (TPSA) is 43.1 Å². The van der Waals surface area contributed by atoms with Crippen LogP contribution in [-0.4, -0.2) is 4.92 Å². The summed E-state index contributed by atoms with van der Waals surface area (Å²) in [7, 11) is 0. The number of nitrogens with zero attached hydrogens (tertiary/aromatic N) is 1. The molecule has 0 aliphatic rings. The predicted octanol–water partition coefficient (Wildman–Crippen LogP) is 3.02. The minimum absolute atomic E-state index is 0.178. The molecule has 1 aromatic heterocycles. The van der Waals surface area contributed by atoms with Gasteiger partial charge in [0, 0.05) is 6.07 Å². The second-order valence-electron chi connectivity index (χ2n) is 1.47. The van der Waals surface area contributed by atoms with Crippen molar-refractivity contribution in [1.82, 2.24) is 0 Å². The molecule has 54 valence electrons. The Morgan fingerprint density at radius 1 is 1.80 bits per heavy atom. The van der Waals surface area contributed by atoms with E-state index < -0.39 is 0 Å². The van der Waals surface area contributed by atoms with E-state index in [1.54, 1.807) is 0 Å². The summed E-state index contributed by atoms with van der Waals surface area (Å²) in [5.74, 6) is 0. The quantitative estimate of drug-likeness (QED) is 0.450. The molecule has 6 heteroatoms. The summed E-state index contributed by atoms with van der Waals surface area (Å²) in [4.78, 5) is 9.84. The van der Waals surface area contributed by atoms with E-state index in [1.807, 2.05) is 22.6 Å². The van der Waals surface area contributed by atoms with E-state index in [2.05, 4.69) is 15.9 Å². The average molecular weight is 334 g/mol. The maximum Gasteiger partial charge on any atom is 0.294 e. The summed E-state index contributed by atoms with van der Waals surface area (Å²) in [6.45, 7) is 0. The molecular weight excluding hydrogens is 333 g/mol. The van der Waals surface area contributed by atoms with Crippen molar-refractivity contribution in [1.29, 1.82) is 0 Å². The van der Waals surface area contributed by atoms with Crippen molar-refractivity contribution < 1.29 is 4.92 Å². The highest BCUT2D eigenvalue weighted by Crippen LogP contribution is 2.33. The minimum atomic E-state index is -0.386. The van der Waals surface area contributed by atoms with E-state index in [1.165, 1.54) is 17.4 Å². The molecule has 1 rings (SSSR count). The fourth-order valence-electron chi connectivity index (χ4n) is 0.456. The van der Waals surface area contributed by atoms with Gasteiger partial charge in [0.25, 0.3) is 5.69 Å². The molecule has 0 spiro atoms. The van der Waals surface area contributed by atoms with Crippen molar-refractivity contribution >= 4 is 55.5 Å². The Kier molecular flexibility index (Phi) is 2.64. The summed E-state index contributed by atoms with van der Waals surface area (Å²) in [5, 5.41) is 10.2. The van der Waals surface area contributed by atoms with E-state index in [0.717, 1.165) is 3.79 Å². The SMILES string of the molecule is O=[N+]([O-])c1cc(Br)sc1I. The van der Waals surface area contributed by atoms with Crippen LogP contribution in [0.1, 0.15) is 0 Å². The zero-order chi connectivity index (χ0) is 7.72. The lowest BCUT2D eigenvalue weighted by Crippen LogP contribution is -1.85. The van der Waals surface area contributed by atoms with Crippen LogP contribution in [0.25, 0.3) is 0 Å². The highest BCUT2D eigenvalue weighted by Gasteiger charge is 2.14. The van der Waals surface area contributed by atoms with Crippen molar-refractivity contribution in [2.45, 2.75) is 0 Å². The first-order chi connectivity index (χ1) is 4.61. The van der Waals surface area contributed by atoms with Gasteiger partial charge in [-0.25, -0.2) is 0 Å². The molecule has 0 amide bonds. The summed E-state index contributed by atoms with van der Waals surface area (Å²) < 4.78 is 1.50. The third-order valence-corrected chi connectivity index (χ3v) is 3.46. The van der Waals surface area contributed by atoms with Crippen molar-refractivity contribution in [2.24, 2.45) is 0 Å². The van der Waals surface area contributed by atoms with Gasteiger partial charge in [0.2, 0.25) is 0 Å². The molecule has 0 aromatic carbocycles. The van der Waals surface area contributed by atoms with Gasteiger partial charge in [0.1, 0.15) is 2.88 Å². The maximum absolute atomic E-state index is 10.2. The maximum atomic E-state index is 10.2. The van der Waals surface area contributed by atoms with Crippen LogP contribution in [0.2, 0.25) is 0 Å². The standard InChI is InChI=1S/C4HBrINO2S/c5-3-1-2(7(8)9)4(6)10-3/h1H. The van der Waals surface area contributed by atoms with Crippen LogP contribution < -0.4 is 0 Å². The molecule has 0 atom stereocenters. The Hall–Kier alpha value is 0.310. The van der Waals surface area contributed by atoms with E-state index in [4.69, 9.17) is 0 Å². The van der Waals surface area contributed by atoms with Crippen LogP contribution in [0.5, 0.6) is 0 Å². The third-order valence-electron chi connectivity index (χ3n) is 0.835. The van der Waals surface area contributed by atoms with Gasteiger partial charge in [-0.1, -0.05) is 0 Å². The second kappa shape index (κ2) is 3.14. The zero-order valence-electron chi connectivity index (χ0n) is 4.51. The Morgan fingerprint density at radius 3 is 2.60 bits per heavy atom. The summed E-state index contributed by atoms with van der Waals surface area (Å²) in [6, 6.07) is 1.51. The Balaban J connectivity index is 3.15. The molecule has 0 N–H and O–H groups in total. The van der Waals surface area contributed by atoms with Gasteiger partial charge >= 0.3 is 0 Å². The first-order valence-corrected chi connectivity index (χ1v) is 4.89. The lowest BCUT2D eigenvalue weighted by atomic mass is 10.6. The van der Waals surface area contributed by atoms with Crippen molar-refractivity contribution in [3.63, 3.8) is 0 Å². The van der Waals surface area contributed by atoms with Gasteiger partial charge in [0.05, 0.1) is 8.71 Å². The largest absolute Gasteiger partial charge is 0.294 e. The van der Waals surface area contributed by atoms with Gasteiger partial charge in [0.15, 0.2) is 0 Å². The van der Waals surface area contributed by atoms with Crippen LogP contribution in [0, 0.1) is 13.0 Å². The lowest BCUT2D eigenvalue weighted by Gasteiger charge is -1.82. The van der Waals surface area contributed by atoms with E-state index >= 15 is 0 Å². The first-order valence-electron chi connectivity index (χ1n) is 2.20. The molecule has 0 aliphatic heterocycles. The summed E-state index contributed by atoms with van der Waals surface area (Å²) in [5.41, 5.74) is 0.178. The number of hydrogen-bond acceptors (Lipinski definition) is 3. The fourth-order valence-corrected chi connectivity index (χ4v) is 3.71. The van der Waals surface area contributed by atoms with Gasteiger partial charge in [-0.3, -0.25) is 10.1 Å². The fraction of sp³-hybridized carbons (Fsp3) is 0. The van der Waals surface area contributed by atoms with Gasteiger partial charge in [-0.15, -0.1) is 11.3 Å². The van der Waals surface area contributed by atoms with Crippen LogP contribution in [0.3, 0.4) is 0 Å². The molecule has 0 radical (unpaired) electrons. The molecule has 0 saturated carbocycles. The molecule has 0 unspecified atom stereocenters. The zero-order valence-corrected chi connectivity index (χ0v) is 9.07. The monoisotopic (exact) mass is 333 g/mol. The van der Waals surface area contributed by atoms with Crippen LogP contribution in [0.15, 0.2) is 9.85 Å². The smallest absolute Gasteiger partial charge is 0.258 e. The van der Waals surface area contributed by atoms with E-state index in [0.29, 0.717) is 2.88 Å². The molecule has 1 aromatic rings. The second-order valence-corrected chi connectivity index (χ2v) is 5.71. The minimum Gasteiger partial charge on any atom is -0.258 e. The normalized spacial score (nSPS) is 9.80. The number of hydrogen-bond donors (Lipinski definition) is 0. The molecule has 0 saturated heterocycles. The summed E-state index contributed by atoms with van der Waals surface area (Å²) in [6.07, 6.45) is 0. The molecule has 10 heavy (non-hydrogen) atoms. The molecule has 3 nitrogen and oxygen atoms in total. The van der Waals surface area contributed by atoms with Crippen LogP contribution in [0.4, 0.5) is 5.69 Å². The van der Waals surface area contributed by atoms with Crippen LogP contribution in [-0.2, 0) is 0 Å². The molecule has 1 heterocycles. The van der Waals surface area contributed by atoms with Crippen molar-refractivity contribution in [3.8, 4) is 0 Å². The van der Waals surface area contributed by atoms with E-state index in [9.17, 15) is 10.1 Å². The van der Waals surface area contributed by atoms with Gasteiger partial charge in [-0.2, -0.15) is 0 Å². The highest BCUT2D eigenvalue weighted by atomic mass is 127. The van der Waals surface area contributed by atoms with Crippen LogP contribution >= 0.6 is 49.9 Å². The number of rotatable bonds is 1. The summed E-state index contributed by atoms with van der Waals surface area (Å²) >= 11 is 6.46. The average Bonchev–Trinajstić information content (AvgIpc) is 2.10. The van der Waals surface area contributed by atoms with Gasteiger partial charge in [-0.05, 0) is 38.5 Å².